The number of nitrogens with zero attached hydrogens (tertiary/aromatic N) is 3. The van der Waals surface area contributed by atoms with Crippen LogP contribution in [0.5, 0.6) is 5.75 Å². The molecule has 0 spiro atoms. The quantitative estimate of drug-likeness (QED) is 0.698. The molecule has 0 bridgehead atoms. The van der Waals surface area contributed by atoms with Crippen LogP contribution in [0.15, 0.2) is 36.5 Å². The van der Waals surface area contributed by atoms with Crippen LogP contribution in [0.4, 0.5) is 14.5 Å². The van der Waals surface area contributed by atoms with Gasteiger partial charge < -0.3 is 14.4 Å². The van der Waals surface area contributed by atoms with Gasteiger partial charge >= 0.3 is 0 Å². The molecule has 1 aromatic heterocycles. The fourth-order valence-corrected chi connectivity index (χ4v) is 3.68. The topological polar surface area (TPSA) is 39.5 Å². The van der Waals surface area contributed by atoms with E-state index in [0.29, 0.717) is 11.1 Å². The molecule has 1 fully saturated rings. The SMILES string of the molecule is COc1c(F)cc2cnn(-c3ccc(N4C[C@@H](C)O[C@H](C)C4)cc3)c2c1F. The van der Waals surface area contributed by atoms with Gasteiger partial charge in [0.05, 0.1) is 31.2 Å². The van der Waals surface area contributed by atoms with E-state index in [9.17, 15) is 8.78 Å². The van der Waals surface area contributed by atoms with E-state index >= 15 is 0 Å². The highest BCUT2D eigenvalue weighted by molar-refractivity contribution is 5.83. The van der Waals surface area contributed by atoms with Gasteiger partial charge in [0.25, 0.3) is 0 Å². The minimum absolute atomic E-state index is 0.167. The molecule has 0 N–H and O–H groups in total. The average molecular weight is 373 g/mol. The van der Waals surface area contributed by atoms with E-state index in [0.717, 1.165) is 18.8 Å². The Kier molecular flexibility index (Phi) is 4.47. The van der Waals surface area contributed by atoms with Crippen LogP contribution in [0.25, 0.3) is 16.6 Å². The normalized spacial score (nSPS) is 20.3. The third kappa shape index (κ3) is 3.12. The number of morpholine rings is 1. The molecule has 0 aliphatic carbocycles. The lowest BCUT2D eigenvalue weighted by Crippen LogP contribution is -2.45. The van der Waals surface area contributed by atoms with Gasteiger partial charge in [0.15, 0.2) is 17.4 Å². The highest BCUT2D eigenvalue weighted by Crippen LogP contribution is 2.31. The van der Waals surface area contributed by atoms with E-state index < -0.39 is 17.4 Å². The minimum atomic E-state index is -0.759. The lowest BCUT2D eigenvalue weighted by Gasteiger charge is -2.36. The Morgan fingerprint density at radius 3 is 2.33 bits per heavy atom. The first-order chi connectivity index (χ1) is 13.0. The first kappa shape index (κ1) is 17.7. The number of halogens is 2. The molecule has 142 valence electrons. The second kappa shape index (κ2) is 6.81. The number of hydrogen-bond donors (Lipinski definition) is 0. The molecule has 0 saturated carbocycles. The maximum absolute atomic E-state index is 14.7. The molecular weight excluding hydrogens is 352 g/mol. The van der Waals surface area contributed by atoms with Crippen LogP contribution in [-0.2, 0) is 4.74 Å². The molecule has 0 radical (unpaired) electrons. The molecule has 5 nitrogen and oxygen atoms in total. The molecule has 2 aromatic carbocycles. The highest BCUT2D eigenvalue weighted by Gasteiger charge is 2.23. The van der Waals surface area contributed by atoms with E-state index in [1.165, 1.54) is 24.1 Å². The monoisotopic (exact) mass is 373 g/mol. The summed E-state index contributed by atoms with van der Waals surface area (Å²) in [6.45, 7) is 5.75. The molecule has 7 heteroatoms. The molecule has 0 unspecified atom stereocenters. The zero-order valence-electron chi connectivity index (χ0n) is 15.4. The van der Waals surface area contributed by atoms with Crippen LogP contribution >= 0.6 is 0 Å². The molecule has 0 amide bonds. The molecule has 4 rings (SSSR count). The van der Waals surface area contributed by atoms with Crippen molar-refractivity contribution in [2.24, 2.45) is 0 Å². The van der Waals surface area contributed by atoms with Crippen molar-refractivity contribution in [2.75, 3.05) is 25.1 Å². The largest absolute Gasteiger partial charge is 0.491 e. The van der Waals surface area contributed by atoms with Crippen LogP contribution < -0.4 is 9.64 Å². The van der Waals surface area contributed by atoms with Crippen molar-refractivity contribution in [3.8, 4) is 11.4 Å². The fraction of sp³-hybridized carbons (Fsp3) is 0.350. The number of anilines is 1. The van der Waals surface area contributed by atoms with Gasteiger partial charge in [-0.3, -0.25) is 0 Å². The van der Waals surface area contributed by atoms with Crippen molar-refractivity contribution in [3.05, 3.63) is 48.2 Å². The van der Waals surface area contributed by atoms with Gasteiger partial charge in [0.1, 0.15) is 5.52 Å². The Bertz CT molecular complexity index is 962. The molecule has 1 saturated heterocycles. The summed E-state index contributed by atoms with van der Waals surface area (Å²) in [6.07, 6.45) is 1.78. The van der Waals surface area contributed by atoms with Crippen LogP contribution in [0.2, 0.25) is 0 Å². The molecule has 2 heterocycles. The van der Waals surface area contributed by atoms with Crippen LogP contribution in [0.1, 0.15) is 13.8 Å². The van der Waals surface area contributed by atoms with Crippen molar-refractivity contribution < 1.29 is 18.3 Å². The number of fused-ring (bicyclic) bond motifs is 1. The summed E-state index contributed by atoms with van der Waals surface area (Å²) < 4.78 is 40.7. The van der Waals surface area contributed by atoms with Crippen LogP contribution in [0.3, 0.4) is 0 Å². The van der Waals surface area contributed by atoms with Crippen molar-refractivity contribution in [2.45, 2.75) is 26.1 Å². The molecule has 3 aromatic rings. The Labute approximate surface area is 156 Å². The smallest absolute Gasteiger partial charge is 0.194 e. The molecule has 27 heavy (non-hydrogen) atoms. The average Bonchev–Trinajstić information content (AvgIpc) is 3.05. The van der Waals surface area contributed by atoms with E-state index in [2.05, 4.69) is 23.8 Å². The standard InChI is InChI=1S/C20H21F2N3O2/c1-12-10-24(11-13(2)27-12)15-4-6-16(7-5-15)25-19-14(9-23-25)8-17(21)20(26-3)18(19)22/h4-9,12-13H,10-11H2,1-3H3/t12-,13-/m1/s1. The summed E-state index contributed by atoms with van der Waals surface area (Å²) in [6, 6.07) is 8.94. The number of ether oxygens (including phenoxy) is 2. The van der Waals surface area contributed by atoms with Gasteiger partial charge in [0.2, 0.25) is 0 Å². The number of rotatable bonds is 3. The third-order valence-electron chi connectivity index (χ3n) is 4.79. The lowest BCUT2D eigenvalue weighted by atomic mass is 10.2. The van der Waals surface area contributed by atoms with Gasteiger partial charge in [-0.05, 0) is 44.2 Å². The number of hydrogen-bond acceptors (Lipinski definition) is 4. The first-order valence-corrected chi connectivity index (χ1v) is 8.88. The highest BCUT2D eigenvalue weighted by atomic mass is 19.1. The third-order valence-corrected chi connectivity index (χ3v) is 4.79. The number of methoxy groups -OCH3 is 1. The van der Waals surface area contributed by atoms with E-state index in [1.807, 2.05) is 24.3 Å². The Balaban J connectivity index is 1.70. The van der Waals surface area contributed by atoms with Crippen molar-refractivity contribution in [3.63, 3.8) is 0 Å². The zero-order valence-corrected chi connectivity index (χ0v) is 15.4. The first-order valence-electron chi connectivity index (χ1n) is 8.88. The summed E-state index contributed by atoms with van der Waals surface area (Å²) in [7, 11) is 1.24. The molecule has 1 aliphatic rings. The summed E-state index contributed by atoms with van der Waals surface area (Å²) in [5.41, 5.74) is 1.95. The van der Waals surface area contributed by atoms with Gasteiger partial charge in [-0.15, -0.1) is 0 Å². The van der Waals surface area contributed by atoms with Crippen molar-refractivity contribution in [1.29, 1.82) is 0 Å². The summed E-state index contributed by atoms with van der Waals surface area (Å²) >= 11 is 0. The van der Waals surface area contributed by atoms with Crippen LogP contribution in [-0.4, -0.2) is 42.2 Å². The van der Waals surface area contributed by atoms with Gasteiger partial charge in [-0.25, -0.2) is 13.5 Å². The van der Waals surface area contributed by atoms with Crippen molar-refractivity contribution in [1.82, 2.24) is 9.78 Å². The van der Waals surface area contributed by atoms with E-state index in [1.54, 1.807) is 0 Å². The van der Waals surface area contributed by atoms with E-state index in [4.69, 9.17) is 9.47 Å². The summed E-state index contributed by atoms with van der Waals surface area (Å²) in [5, 5.41) is 4.61. The zero-order chi connectivity index (χ0) is 19.1. The maximum atomic E-state index is 14.7. The predicted octanol–water partition coefficient (Wildman–Crippen LogP) is 3.93. The van der Waals surface area contributed by atoms with Crippen LogP contribution in [0, 0.1) is 11.6 Å². The summed E-state index contributed by atoms with van der Waals surface area (Å²) in [4.78, 5) is 2.27. The predicted molar refractivity (Wildman–Crippen MR) is 99.8 cm³/mol. The number of aromatic nitrogens is 2. The van der Waals surface area contributed by atoms with Gasteiger partial charge in [-0.2, -0.15) is 5.10 Å². The number of benzene rings is 2. The Hall–Kier alpha value is -2.67. The Morgan fingerprint density at radius 2 is 1.70 bits per heavy atom. The Morgan fingerprint density at radius 1 is 1.07 bits per heavy atom. The fourth-order valence-electron chi connectivity index (χ4n) is 3.68. The van der Waals surface area contributed by atoms with Crippen molar-refractivity contribution >= 4 is 16.6 Å². The molecular formula is C20H21F2N3O2. The lowest BCUT2D eigenvalue weighted by molar-refractivity contribution is -0.00521. The summed E-state index contributed by atoms with van der Waals surface area (Å²) in [5.74, 6) is -1.91. The second-order valence-corrected chi connectivity index (χ2v) is 6.88. The molecule has 2 atom stereocenters. The maximum Gasteiger partial charge on any atom is 0.194 e. The molecule has 1 aliphatic heterocycles. The van der Waals surface area contributed by atoms with Gasteiger partial charge in [0, 0.05) is 24.2 Å². The van der Waals surface area contributed by atoms with E-state index in [-0.39, 0.29) is 17.7 Å². The minimum Gasteiger partial charge on any atom is -0.491 e. The van der Waals surface area contributed by atoms with Gasteiger partial charge in [-0.1, -0.05) is 0 Å². The second-order valence-electron chi connectivity index (χ2n) is 6.88.